The van der Waals surface area contributed by atoms with Crippen molar-refractivity contribution >= 4 is 60.9 Å². The second kappa shape index (κ2) is 9.45. The topological polar surface area (TPSA) is 29.5 Å². The maximum atomic E-state index is 6.49. The molecule has 3 heteroatoms. The molecule has 4 saturated carbocycles. The highest BCUT2D eigenvalue weighted by atomic mass is 16.3. The van der Waals surface area contributed by atoms with Crippen molar-refractivity contribution in [3.05, 3.63) is 139 Å². The van der Waals surface area contributed by atoms with Gasteiger partial charge in [0.2, 0.25) is 0 Å². The molecule has 13 rings (SSSR count). The zero-order valence-electron chi connectivity index (χ0n) is 27.2. The van der Waals surface area contributed by atoms with Crippen molar-refractivity contribution in [1.82, 2.24) is 0 Å². The van der Waals surface area contributed by atoms with Crippen LogP contribution in [0, 0.1) is 23.7 Å². The molecule has 0 atom stereocenters. The highest BCUT2D eigenvalue weighted by Crippen LogP contribution is 2.70. The third-order valence-electron chi connectivity index (χ3n) is 13.0. The molecule has 4 bridgehead atoms. The lowest BCUT2D eigenvalue weighted by atomic mass is 9.43. The average molecular weight is 634 g/mol. The first-order chi connectivity index (χ1) is 24.2. The molecule has 0 aliphatic heterocycles. The molecule has 0 unspecified atom stereocenters. The molecule has 0 N–H and O–H groups in total. The van der Waals surface area contributed by atoms with Crippen LogP contribution in [-0.4, -0.2) is 0 Å². The number of para-hydroxylation sites is 2. The molecule has 5 aliphatic rings. The average Bonchev–Trinajstić information content (AvgIpc) is 3.79. The molecule has 1 spiro atoms. The first kappa shape index (κ1) is 26.6. The van der Waals surface area contributed by atoms with E-state index in [1.165, 1.54) is 48.9 Å². The molecule has 2 aromatic heterocycles. The lowest BCUT2D eigenvalue weighted by molar-refractivity contribution is -0.0399. The zero-order valence-corrected chi connectivity index (χ0v) is 27.2. The van der Waals surface area contributed by atoms with Crippen molar-refractivity contribution in [3.8, 4) is 11.1 Å². The molecule has 2 heterocycles. The van der Waals surface area contributed by atoms with Crippen LogP contribution in [0.3, 0.4) is 0 Å². The zero-order chi connectivity index (χ0) is 31.8. The van der Waals surface area contributed by atoms with Crippen LogP contribution in [0.2, 0.25) is 0 Å². The van der Waals surface area contributed by atoms with E-state index in [2.05, 4.69) is 120 Å². The number of hydrogen-bond acceptors (Lipinski definition) is 3. The standard InChI is InChI=1S/C46H35NO2/c1-4-11-38-36(10-1)45-39(46(38)29-21-27-20-28(23-29)24-30(46)22-27)12-7-13-40(45)47(31-17-19-43-37(25-31)34-9-3-6-15-42(34)48-43)32-16-18-35-33-8-2-5-14-41(33)49-44(35)26-32/h1-19,25-30H,20-24H2. The predicted molar refractivity (Wildman–Crippen MR) is 199 cm³/mol. The minimum absolute atomic E-state index is 0.106. The highest BCUT2D eigenvalue weighted by molar-refractivity contribution is 6.09. The van der Waals surface area contributed by atoms with Crippen molar-refractivity contribution in [2.75, 3.05) is 4.90 Å². The lowest BCUT2D eigenvalue weighted by Gasteiger charge is -2.61. The normalized spacial score (nSPS) is 24.8. The van der Waals surface area contributed by atoms with Crippen LogP contribution >= 0.6 is 0 Å². The van der Waals surface area contributed by atoms with Gasteiger partial charge in [0.15, 0.2) is 0 Å². The number of hydrogen-bond donors (Lipinski definition) is 0. The summed E-state index contributed by atoms with van der Waals surface area (Å²) in [6, 6.07) is 46.8. The van der Waals surface area contributed by atoms with Crippen LogP contribution < -0.4 is 4.90 Å². The van der Waals surface area contributed by atoms with Gasteiger partial charge in [-0.3, -0.25) is 0 Å². The van der Waals surface area contributed by atoms with E-state index in [1.807, 2.05) is 12.1 Å². The Balaban J connectivity index is 1.14. The van der Waals surface area contributed by atoms with Gasteiger partial charge in [-0.15, -0.1) is 0 Å². The fourth-order valence-corrected chi connectivity index (χ4v) is 11.5. The molecule has 5 aliphatic carbocycles. The molecule has 0 radical (unpaired) electrons. The summed E-state index contributed by atoms with van der Waals surface area (Å²) in [5, 5.41) is 4.57. The van der Waals surface area contributed by atoms with Crippen LogP contribution in [0.15, 0.2) is 136 Å². The minimum atomic E-state index is 0.106. The minimum Gasteiger partial charge on any atom is -0.456 e. The van der Waals surface area contributed by atoms with Crippen LogP contribution in [-0.2, 0) is 5.41 Å². The maximum Gasteiger partial charge on any atom is 0.137 e. The number of furan rings is 2. The quantitative estimate of drug-likeness (QED) is 0.194. The monoisotopic (exact) mass is 633 g/mol. The summed E-state index contributed by atoms with van der Waals surface area (Å²) >= 11 is 0. The molecular weight excluding hydrogens is 599 g/mol. The van der Waals surface area contributed by atoms with E-state index >= 15 is 0 Å². The number of benzene rings is 6. The van der Waals surface area contributed by atoms with Gasteiger partial charge in [-0.05, 0) is 121 Å². The van der Waals surface area contributed by atoms with Crippen molar-refractivity contribution < 1.29 is 8.83 Å². The Bertz CT molecular complexity index is 2630. The third kappa shape index (κ3) is 3.43. The number of anilines is 3. The smallest absolute Gasteiger partial charge is 0.137 e. The van der Waals surface area contributed by atoms with Crippen molar-refractivity contribution in [3.63, 3.8) is 0 Å². The summed E-state index contributed by atoms with van der Waals surface area (Å²) in [6.07, 6.45) is 6.97. The van der Waals surface area contributed by atoms with E-state index in [0.29, 0.717) is 0 Å². The van der Waals surface area contributed by atoms with E-state index in [-0.39, 0.29) is 5.41 Å². The Labute approximate surface area is 284 Å². The van der Waals surface area contributed by atoms with Crippen molar-refractivity contribution in [2.24, 2.45) is 23.7 Å². The van der Waals surface area contributed by atoms with Crippen molar-refractivity contribution in [2.45, 2.75) is 37.5 Å². The van der Waals surface area contributed by atoms with Crippen LogP contribution in [0.1, 0.15) is 43.2 Å². The highest BCUT2D eigenvalue weighted by Gasteiger charge is 2.61. The number of fused-ring (bicyclic) bond motifs is 9. The fourth-order valence-electron chi connectivity index (χ4n) is 11.5. The summed E-state index contributed by atoms with van der Waals surface area (Å²) < 4.78 is 12.8. The Morgan fingerprint density at radius 3 is 1.86 bits per heavy atom. The summed E-state index contributed by atoms with van der Waals surface area (Å²) in [7, 11) is 0. The van der Waals surface area contributed by atoms with Gasteiger partial charge < -0.3 is 13.7 Å². The second-order valence-electron chi connectivity index (χ2n) is 15.3. The van der Waals surface area contributed by atoms with E-state index in [9.17, 15) is 0 Å². The Morgan fingerprint density at radius 2 is 1.06 bits per heavy atom. The molecule has 49 heavy (non-hydrogen) atoms. The van der Waals surface area contributed by atoms with E-state index in [0.717, 1.165) is 78.9 Å². The molecule has 236 valence electrons. The van der Waals surface area contributed by atoms with Crippen LogP contribution in [0.25, 0.3) is 55.0 Å². The Kier molecular flexibility index (Phi) is 5.14. The van der Waals surface area contributed by atoms with E-state index in [1.54, 1.807) is 11.1 Å². The van der Waals surface area contributed by atoms with Crippen LogP contribution in [0.5, 0.6) is 0 Å². The van der Waals surface area contributed by atoms with Gasteiger partial charge in [-0.25, -0.2) is 0 Å². The van der Waals surface area contributed by atoms with E-state index < -0.39 is 0 Å². The number of nitrogens with zero attached hydrogens (tertiary/aromatic N) is 1. The number of rotatable bonds is 3. The molecule has 4 fully saturated rings. The third-order valence-corrected chi connectivity index (χ3v) is 13.0. The maximum absolute atomic E-state index is 6.49. The summed E-state index contributed by atoms with van der Waals surface area (Å²) in [5.74, 6) is 3.26. The first-order valence-corrected chi connectivity index (χ1v) is 18.1. The van der Waals surface area contributed by atoms with Gasteiger partial charge in [0.05, 0.1) is 5.69 Å². The summed E-state index contributed by atoms with van der Waals surface area (Å²) in [5.41, 5.74) is 13.2. The lowest BCUT2D eigenvalue weighted by Crippen LogP contribution is -2.55. The fraction of sp³-hybridized carbons (Fsp3) is 0.217. The first-order valence-electron chi connectivity index (χ1n) is 18.1. The summed E-state index contributed by atoms with van der Waals surface area (Å²) in [4.78, 5) is 2.48. The molecule has 8 aromatic rings. The van der Waals surface area contributed by atoms with E-state index in [4.69, 9.17) is 8.83 Å². The predicted octanol–water partition coefficient (Wildman–Crippen LogP) is 12.7. The van der Waals surface area contributed by atoms with Gasteiger partial charge in [-0.2, -0.15) is 0 Å². The molecule has 3 nitrogen and oxygen atoms in total. The van der Waals surface area contributed by atoms with Gasteiger partial charge in [-0.1, -0.05) is 72.8 Å². The molecular formula is C46H35NO2. The Hall–Kier alpha value is -5.28. The van der Waals surface area contributed by atoms with Gasteiger partial charge >= 0.3 is 0 Å². The second-order valence-corrected chi connectivity index (χ2v) is 15.3. The van der Waals surface area contributed by atoms with Crippen LogP contribution in [0.4, 0.5) is 17.1 Å². The van der Waals surface area contributed by atoms with Gasteiger partial charge in [0, 0.05) is 50.0 Å². The van der Waals surface area contributed by atoms with Crippen molar-refractivity contribution in [1.29, 1.82) is 0 Å². The molecule has 6 aromatic carbocycles. The SMILES string of the molecule is c1ccc2c(c1)-c1c(N(c3ccc4c(c3)oc3ccccc34)c3ccc4oc5ccccc5c4c3)cccc1C21C2CC3CC(C2)CC1C3. The Morgan fingerprint density at radius 1 is 0.469 bits per heavy atom. The summed E-state index contributed by atoms with van der Waals surface area (Å²) in [6.45, 7) is 0. The molecule has 0 saturated heterocycles. The van der Waals surface area contributed by atoms with Gasteiger partial charge in [0.25, 0.3) is 0 Å². The largest absolute Gasteiger partial charge is 0.456 e. The molecule has 0 amide bonds. The van der Waals surface area contributed by atoms with Gasteiger partial charge in [0.1, 0.15) is 22.3 Å².